The van der Waals surface area contributed by atoms with Crippen molar-refractivity contribution in [2.24, 2.45) is 22.9 Å². The number of allylic oxidation sites excluding steroid dienone is 2. The van der Waals surface area contributed by atoms with Crippen molar-refractivity contribution in [1.82, 2.24) is 0 Å². The summed E-state index contributed by atoms with van der Waals surface area (Å²) in [6, 6.07) is 6.70. The van der Waals surface area contributed by atoms with Gasteiger partial charge in [-0.25, -0.2) is 9.59 Å². The molecular formula is C30H34N4O10. The van der Waals surface area contributed by atoms with Gasteiger partial charge in [0, 0.05) is 6.42 Å². The van der Waals surface area contributed by atoms with E-state index in [0.29, 0.717) is 11.1 Å². The smallest absolute Gasteiger partial charge is 0.328 e. The van der Waals surface area contributed by atoms with Gasteiger partial charge in [-0.05, 0) is 54.0 Å². The quantitative estimate of drug-likeness (QED) is 0.0831. The van der Waals surface area contributed by atoms with Crippen LogP contribution >= 0.6 is 0 Å². The highest BCUT2D eigenvalue weighted by molar-refractivity contribution is 6.11. The second-order valence-electron chi connectivity index (χ2n) is 9.33. The minimum absolute atomic E-state index is 0.0291. The number of ketones is 2. The van der Waals surface area contributed by atoms with Crippen molar-refractivity contribution in [2.45, 2.75) is 37.8 Å². The van der Waals surface area contributed by atoms with Crippen molar-refractivity contribution < 1.29 is 47.7 Å². The predicted octanol–water partition coefficient (Wildman–Crippen LogP) is 0.565. The van der Waals surface area contributed by atoms with E-state index in [9.17, 15) is 28.8 Å². The zero-order valence-corrected chi connectivity index (χ0v) is 24.1. The van der Waals surface area contributed by atoms with Gasteiger partial charge in [-0.2, -0.15) is 0 Å². The second kappa shape index (κ2) is 16.9. The summed E-state index contributed by atoms with van der Waals surface area (Å²) in [5, 5.41) is 0. The second-order valence-corrected chi connectivity index (χ2v) is 9.33. The van der Waals surface area contributed by atoms with Crippen molar-refractivity contribution in [3.63, 3.8) is 0 Å². The van der Waals surface area contributed by atoms with Crippen LogP contribution < -0.4 is 41.9 Å². The number of rotatable bonds is 17. The van der Waals surface area contributed by atoms with Crippen LogP contribution in [0.2, 0.25) is 0 Å². The lowest BCUT2D eigenvalue weighted by Crippen LogP contribution is -2.37. The summed E-state index contributed by atoms with van der Waals surface area (Å²) in [4.78, 5) is 70.8. The molecule has 0 heterocycles. The Hall–Kier alpha value is -5.34. The monoisotopic (exact) mass is 610 g/mol. The van der Waals surface area contributed by atoms with E-state index in [4.69, 9.17) is 41.9 Å². The third-order valence-corrected chi connectivity index (χ3v) is 5.80. The van der Waals surface area contributed by atoms with Crippen molar-refractivity contribution in [3.8, 4) is 23.0 Å². The molecule has 2 aromatic rings. The largest absolute Gasteiger partial charge is 0.493 e. The summed E-state index contributed by atoms with van der Waals surface area (Å²) >= 11 is 0. The molecule has 0 saturated heterocycles. The van der Waals surface area contributed by atoms with Crippen molar-refractivity contribution >= 4 is 47.5 Å². The number of hydrogen-bond donors (Lipinski definition) is 4. The molecule has 2 atom stereocenters. The summed E-state index contributed by atoms with van der Waals surface area (Å²) in [7, 11) is 2.71. The number of ether oxygens (including phenoxy) is 4. The molecule has 0 unspecified atom stereocenters. The number of hydrogen-bond acceptors (Lipinski definition) is 12. The zero-order valence-electron chi connectivity index (χ0n) is 24.1. The first-order chi connectivity index (χ1) is 20.8. The summed E-state index contributed by atoms with van der Waals surface area (Å²) < 4.78 is 20.9. The van der Waals surface area contributed by atoms with Crippen LogP contribution in [0.1, 0.15) is 36.8 Å². The highest BCUT2D eigenvalue weighted by Crippen LogP contribution is 2.30. The number of methoxy groups -OCH3 is 2. The first-order valence-electron chi connectivity index (χ1n) is 13.1. The summed E-state index contributed by atoms with van der Waals surface area (Å²) in [5.74, 6) is -3.43. The van der Waals surface area contributed by atoms with E-state index in [1.165, 1.54) is 62.8 Å². The fourth-order valence-corrected chi connectivity index (χ4v) is 3.50. The van der Waals surface area contributed by atoms with Crippen LogP contribution in [-0.4, -0.2) is 61.6 Å². The first kappa shape index (κ1) is 34.9. The van der Waals surface area contributed by atoms with Crippen molar-refractivity contribution in [3.05, 3.63) is 59.7 Å². The summed E-state index contributed by atoms with van der Waals surface area (Å²) in [6.45, 7) is 0. The maximum Gasteiger partial charge on any atom is 0.328 e. The number of amides is 2. The summed E-state index contributed by atoms with van der Waals surface area (Å²) in [6.07, 6.45) is 4.53. The molecule has 14 nitrogen and oxygen atoms in total. The number of benzene rings is 2. The van der Waals surface area contributed by atoms with E-state index in [0.717, 1.165) is 0 Å². The minimum Gasteiger partial charge on any atom is -0.493 e. The molecule has 0 saturated carbocycles. The number of esters is 2. The van der Waals surface area contributed by atoms with Crippen LogP contribution in [0.25, 0.3) is 12.2 Å². The number of carbonyl (C=O) groups excluding carboxylic acids is 6. The number of nitrogens with two attached hydrogens (primary N) is 4. The molecule has 0 aliphatic carbocycles. The maximum absolute atomic E-state index is 12.4. The Kier molecular flexibility index (Phi) is 13.4. The molecule has 234 valence electrons. The van der Waals surface area contributed by atoms with Gasteiger partial charge in [0.25, 0.3) is 0 Å². The van der Waals surface area contributed by atoms with Crippen molar-refractivity contribution in [1.29, 1.82) is 0 Å². The molecule has 0 bridgehead atoms. The first-order valence-corrected chi connectivity index (χ1v) is 13.1. The maximum atomic E-state index is 12.4. The lowest BCUT2D eigenvalue weighted by Gasteiger charge is -2.13. The van der Waals surface area contributed by atoms with Gasteiger partial charge < -0.3 is 41.9 Å². The van der Waals surface area contributed by atoms with Gasteiger partial charge in [-0.3, -0.25) is 19.2 Å². The van der Waals surface area contributed by atoms with Gasteiger partial charge in [0.15, 0.2) is 34.6 Å². The normalized spacial score (nSPS) is 12.4. The topological polar surface area (TPSA) is 243 Å². The standard InChI is InChI=1S/C30H34N4O10/c1-41-25-13-17(5-10-23(25)43-29(39)21(31)9-12-27(33)37)3-7-19(35)15-20(36)8-4-18-6-11-24(26(14-18)42-2)44-30(40)22(32)16-28(34)38/h3-8,10-11,13-14,21-22H,9,12,15-16,31-32H2,1-2H3,(H2,33,37)(H2,34,38)/b7-3+,8-4+/t21-,22-/m0/s1. The van der Waals surface area contributed by atoms with Crippen LogP contribution in [-0.2, 0) is 28.8 Å². The molecule has 0 fully saturated rings. The van der Waals surface area contributed by atoms with Crippen LogP contribution in [0.4, 0.5) is 0 Å². The highest BCUT2D eigenvalue weighted by Gasteiger charge is 2.21. The Labute approximate surface area is 252 Å². The van der Waals surface area contributed by atoms with Gasteiger partial charge in [0.05, 0.1) is 27.1 Å². The molecular weight excluding hydrogens is 576 g/mol. The SMILES string of the molecule is COc1cc(/C=C/C(=O)CC(=O)/C=C/c2ccc(OC(=O)[C@@H](N)CC(N)=O)c(OC)c2)ccc1OC(=O)[C@@H](N)CCC(N)=O. The zero-order chi connectivity index (χ0) is 32.8. The van der Waals surface area contributed by atoms with Crippen LogP contribution in [0.3, 0.4) is 0 Å². The average Bonchev–Trinajstić information content (AvgIpc) is 2.98. The Morgan fingerprint density at radius 3 is 1.55 bits per heavy atom. The third kappa shape index (κ3) is 11.5. The molecule has 2 rings (SSSR count). The predicted molar refractivity (Wildman–Crippen MR) is 158 cm³/mol. The molecule has 0 aromatic heterocycles. The Morgan fingerprint density at radius 2 is 1.14 bits per heavy atom. The fourth-order valence-electron chi connectivity index (χ4n) is 3.50. The molecule has 0 aliphatic rings. The van der Waals surface area contributed by atoms with E-state index in [1.54, 1.807) is 12.1 Å². The van der Waals surface area contributed by atoms with Crippen LogP contribution in [0.5, 0.6) is 23.0 Å². The lowest BCUT2D eigenvalue weighted by atomic mass is 10.1. The minimum atomic E-state index is -1.24. The Morgan fingerprint density at radius 1 is 0.682 bits per heavy atom. The van der Waals surface area contributed by atoms with E-state index in [-0.39, 0.29) is 42.3 Å². The van der Waals surface area contributed by atoms with E-state index >= 15 is 0 Å². The van der Waals surface area contributed by atoms with Gasteiger partial charge in [0.1, 0.15) is 12.1 Å². The van der Waals surface area contributed by atoms with Crippen LogP contribution in [0, 0.1) is 0 Å². The van der Waals surface area contributed by atoms with E-state index < -0.39 is 53.8 Å². The Balaban J connectivity index is 1.98. The van der Waals surface area contributed by atoms with E-state index in [2.05, 4.69) is 0 Å². The fraction of sp³-hybridized carbons (Fsp3) is 0.267. The van der Waals surface area contributed by atoms with Crippen molar-refractivity contribution in [2.75, 3.05) is 14.2 Å². The average molecular weight is 611 g/mol. The molecule has 0 radical (unpaired) electrons. The van der Waals surface area contributed by atoms with Crippen LogP contribution in [0.15, 0.2) is 48.6 Å². The third-order valence-electron chi connectivity index (χ3n) is 5.80. The highest BCUT2D eigenvalue weighted by atomic mass is 16.6. The molecule has 14 heteroatoms. The Bertz CT molecular complexity index is 1470. The molecule has 0 spiro atoms. The van der Waals surface area contributed by atoms with E-state index in [1.807, 2.05) is 0 Å². The number of primary amides is 2. The van der Waals surface area contributed by atoms with Gasteiger partial charge in [0.2, 0.25) is 11.8 Å². The molecule has 0 aliphatic heterocycles. The van der Waals surface area contributed by atoms with Gasteiger partial charge in [-0.15, -0.1) is 0 Å². The summed E-state index contributed by atoms with van der Waals surface area (Å²) in [5.41, 5.74) is 22.5. The molecule has 2 aromatic carbocycles. The number of carbonyl (C=O) groups is 6. The lowest BCUT2D eigenvalue weighted by molar-refractivity contribution is -0.138. The molecule has 8 N–H and O–H groups in total. The molecule has 2 amide bonds. The van der Waals surface area contributed by atoms with Gasteiger partial charge in [-0.1, -0.05) is 24.3 Å². The molecule has 44 heavy (non-hydrogen) atoms. The van der Waals surface area contributed by atoms with Gasteiger partial charge >= 0.3 is 11.9 Å².